The SMILES string of the molecule is CNC(=O)CC1CCC=CCCC1=O. The maximum absolute atomic E-state index is 11.6. The summed E-state index contributed by atoms with van der Waals surface area (Å²) in [6, 6.07) is 0. The molecule has 0 saturated heterocycles. The summed E-state index contributed by atoms with van der Waals surface area (Å²) in [6.45, 7) is 0. The van der Waals surface area contributed by atoms with E-state index in [0.29, 0.717) is 12.8 Å². The molecule has 1 unspecified atom stereocenters. The molecule has 1 aliphatic rings. The first-order valence-corrected chi connectivity index (χ1v) is 5.12. The summed E-state index contributed by atoms with van der Waals surface area (Å²) < 4.78 is 0. The third-order valence-corrected chi connectivity index (χ3v) is 2.57. The van der Waals surface area contributed by atoms with Crippen LogP contribution >= 0.6 is 0 Å². The van der Waals surface area contributed by atoms with Gasteiger partial charge in [-0.1, -0.05) is 12.2 Å². The van der Waals surface area contributed by atoms with Gasteiger partial charge in [-0.25, -0.2) is 0 Å². The molecule has 0 saturated carbocycles. The minimum Gasteiger partial charge on any atom is -0.359 e. The van der Waals surface area contributed by atoms with Crippen molar-refractivity contribution in [2.45, 2.75) is 32.1 Å². The zero-order valence-corrected chi connectivity index (χ0v) is 8.58. The second kappa shape index (κ2) is 5.58. The minimum atomic E-state index is -0.0695. The molecule has 0 spiro atoms. The number of nitrogens with one attached hydrogen (secondary N) is 1. The number of Topliss-reactive ketones (excluding diaryl/α,β-unsaturated/α-hetero) is 1. The van der Waals surface area contributed by atoms with Gasteiger partial charge >= 0.3 is 0 Å². The first-order chi connectivity index (χ1) is 6.74. The van der Waals surface area contributed by atoms with Gasteiger partial charge in [0.05, 0.1) is 0 Å². The van der Waals surface area contributed by atoms with Crippen molar-refractivity contribution in [2.75, 3.05) is 7.05 Å². The summed E-state index contributed by atoms with van der Waals surface area (Å²) in [4.78, 5) is 22.7. The van der Waals surface area contributed by atoms with Gasteiger partial charge in [-0.3, -0.25) is 9.59 Å². The predicted molar refractivity (Wildman–Crippen MR) is 54.8 cm³/mol. The van der Waals surface area contributed by atoms with Crippen molar-refractivity contribution in [2.24, 2.45) is 5.92 Å². The molecule has 0 bridgehead atoms. The molecule has 78 valence electrons. The molecule has 1 atom stereocenters. The van der Waals surface area contributed by atoms with Crippen LogP contribution in [0.2, 0.25) is 0 Å². The lowest BCUT2D eigenvalue weighted by atomic mass is 9.90. The van der Waals surface area contributed by atoms with Gasteiger partial charge in [-0.2, -0.15) is 0 Å². The molecule has 3 nitrogen and oxygen atoms in total. The standard InChI is InChI=1S/C11H17NO2/c1-12-11(14)8-9-6-4-2-3-5-7-10(9)13/h2-3,9H,4-8H2,1H3,(H,12,14). The fourth-order valence-electron chi connectivity index (χ4n) is 1.67. The highest BCUT2D eigenvalue weighted by Crippen LogP contribution is 2.18. The summed E-state index contributed by atoms with van der Waals surface area (Å²) in [6.07, 6.45) is 7.62. The number of hydrogen-bond donors (Lipinski definition) is 1. The molecule has 0 aromatic heterocycles. The Balaban J connectivity index is 2.51. The largest absolute Gasteiger partial charge is 0.359 e. The number of carbonyl (C=O) groups excluding carboxylic acids is 2. The Morgan fingerprint density at radius 3 is 2.93 bits per heavy atom. The van der Waals surface area contributed by atoms with Crippen molar-refractivity contribution in [3.63, 3.8) is 0 Å². The average molecular weight is 195 g/mol. The second-order valence-electron chi connectivity index (χ2n) is 3.63. The number of allylic oxidation sites excluding steroid dienone is 2. The molecule has 0 radical (unpaired) electrons. The molecule has 0 aromatic carbocycles. The molecule has 1 N–H and O–H groups in total. The lowest BCUT2D eigenvalue weighted by Gasteiger charge is -2.15. The van der Waals surface area contributed by atoms with Crippen LogP contribution in [0.3, 0.4) is 0 Å². The van der Waals surface area contributed by atoms with E-state index < -0.39 is 0 Å². The zero-order valence-electron chi connectivity index (χ0n) is 8.58. The summed E-state index contributed by atoms with van der Waals surface area (Å²) in [5.74, 6) is 0.130. The molecule has 0 fully saturated rings. The van der Waals surface area contributed by atoms with Crippen LogP contribution in [0.15, 0.2) is 12.2 Å². The van der Waals surface area contributed by atoms with Crippen molar-refractivity contribution in [3.8, 4) is 0 Å². The smallest absolute Gasteiger partial charge is 0.220 e. The summed E-state index contributed by atoms with van der Waals surface area (Å²) in [5.41, 5.74) is 0. The van der Waals surface area contributed by atoms with Crippen LogP contribution in [0.4, 0.5) is 0 Å². The number of rotatable bonds is 2. The van der Waals surface area contributed by atoms with Gasteiger partial charge in [0, 0.05) is 25.8 Å². The Morgan fingerprint density at radius 1 is 1.50 bits per heavy atom. The van der Waals surface area contributed by atoms with Gasteiger partial charge in [-0.05, 0) is 19.3 Å². The Kier molecular flexibility index (Phi) is 4.36. The minimum absolute atomic E-state index is 0.0343. The van der Waals surface area contributed by atoms with Crippen molar-refractivity contribution in [1.82, 2.24) is 5.32 Å². The van der Waals surface area contributed by atoms with E-state index in [4.69, 9.17) is 0 Å². The quantitative estimate of drug-likeness (QED) is 0.678. The number of hydrogen-bond acceptors (Lipinski definition) is 2. The van der Waals surface area contributed by atoms with E-state index in [0.717, 1.165) is 19.3 Å². The fraction of sp³-hybridized carbons (Fsp3) is 0.636. The van der Waals surface area contributed by atoms with Crippen LogP contribution < -0.4 is 5.32 Å². The zero-order chi connectivity index (χ0) is 10.4. The molecule has 1 aliphatic carbocycles. The molecule has 14 heavy (non-hydrogen) atoms. The molecular weight excluding hydrogens is 178 g/mol. The van der Waals surface area contributed by atoms with E-state index in [1.54, 1.807) is 7.05 Å². The van der Waals surface area contributed by atoms with Gasteiger partial charge in [0.2, 0.25) is 5.91 Å². The van der Waals surface area contributed by atoms with Crippen LogP contribution in [0.1, 0.15) is 32.1 Å². The lowest BCUT2D eigenvalue weighted by Crippen LogP contribution is -2.25. The highest BCUT2D eigenvalue weighted by atomic mass is 16.2. The van der Waals surface area contributed by atoms with Crippen LogP contribution in [-0.4, -0.2) is 18.7 Å². The fourth-order valence-corrected chi connectivity index (χ4v) is 1.67. The van der Waals surface area contributed by atoms with Gasteiger partial charge in [-0.15, -0.1) is 0 Å². The monoisotopic (exact) mass is 195 g/mol. The Labute approximate surface area is 84.6 Å². The van der Waals surface area contributed by atoms with Crippen molar-refractivity contribution >= 4 is 11.7 Å². The lowest BCUT2D eigenvalue weighted by molar-refractivity contribution is -0.129. The predicted octanol–water partition coefficient (Wildman–Crippen LogP) is 1.44. The van der Waals surface area contributed by atoms with E-state index in [1.165, 1.54) is 0 Å². The molecular formula is C11H17NO2. The van der Waals surface area contributed by atoms with Gasteiger partial charge in [0.15, 0.2) is 0 Å². The third-order valence-electron chi connectivity index (χ3n) is 2.57. The normalized spacial score (nSPS) is 22.6. The summed E-state index contributed by atoms with van der Waals surface area (Å²) in [5, 5.41) is 2.56. The first kappa shape index (κ1) is 11.0. The maximum atomic E-state index is 11.6. The number of amides is 1. The van der Waals surface area contributed by atoms with Crippen LogP contribution in [0.25, 0.3) is 0 Å². The van der Waals surface area contributed by atoms with E-state index in [1.807, 2.05) is 6.08 Å². The highest BCUT2D eigenvalue weighted by molar-refractivity contribution is 5.87. The van der Waals surface area contributed by atoms with E-state index in [2.05, 4.69) is 11.4 Å². The van der Waals surface area contributed by atoms with E-state index in [9.17, 15) is 9.59 Å². The number of carbonyl (C=O) groups is 2. The Hall–Kier alpha value is -1.12. The molecule has 0 aliphatic heterocycles. The summed E-state index contributed by atoms with van der Waals surface area (Å²) in [7, 11) is 1.61. The molecule has 0 heterocycles. The van der Waals surface area contributed by atoms with Crippen molar-refractivity contribution in [3.05, 3.63) is 12.2 Å². The topological polar surface area (TPSA) is 46.2 Å². The molecule has 0 aromatic rings. The summed E-state index contributed by atoms with van der Waals surface area (Å²) >= 11 is 0. The van der Waals surface area contributed by atoms with Gasteiger partial charge in [0.1, 0.15) is 5.78 Å². The van der Waals surface area contributed by atoms with Crippen LogP contribution in [0, 0.1) is 5.92 Å². The van der Waals surface area contributed by atoms with Crippen molar-refractivity contribution < 1.29 is 9.59 Å². The average Bonchev–Trinajstić information content (AvgIpc) is 2.17. The van der Waals surface area contributed by atoms with Crippen LogP contribution in [0.5, 0.6) is 0 Å². The molecule has 3 heteroatoms. The van der Waals surface area contributed by atoms with Crippen LogP contribution in [-0.2, 0) is 9.59 Å². The van der Waals surface area contributed by atoms with E-state index in [-0.39, 0.29) is 17.6 Å². The first-order valence-electron chi connectivity index (χ1n) is 5.12. The van der Waals surface area contributed by atoms with Gasteiger partial charge in [0.25, 0.3) is 0 Å². The van der Waals surface area contributed by atoms with Gasteiger partial charge < -0.3 is 5.32 Å². The maximum Gasteiger partial charge on any atom is 0.220 e. The molecule has 1 amide bonds. The third kappa shape index (κ3) is 3.32. The highest BCUT2D eigenvalue weighted by Gasteiger charge is 2.20. The second-order valence-corrected chi connectivity index (χ2v) is 3.63. The van der Waals surface area contributed by atoms with Crippen molar-refractivity contribution in [1.29, 1.82) is 0 Å². The Bertz CT molecular complexity index is 246. The Morgan fingerprint density at radius 2 is 2.21 bits per heavy atom. The van der Waals surface area contributed by atoms with E-state index >= 15 is 0 Å². The molecule has 1 rings (SSSR count). The number of ketones is 1.